The number of methoxy groups -OCH3 is 1. The van der Waals surface area contributed by atoms with E-state index in [4.69, 9.17) is 14.5 Å². The highest BCUT2D eigenvalue weighted by atomic mass is 16.5. The van der Waals surface area contributed by atoms with Crippen molar-refractivity contribution < 1.29 is 23.9 Å². The van der Waals surface area contributed by atoms with Gasteiger partial charge in [0.2, 0.25) is 5.95 Å². The summed E-state index contributed by atoms with van der Waals surface area (Å²) in [5, 5.41) is 3.00. The number of carbonyl (C=O) groups is 2. The van der Waals surface area contributed by atoms with Crippen LogP contribution in [0.1, 0.15) is 45.5 Å². The highest BCUT2D eigenvalue weighted by Crippen LogP contribution is 2.32. The van der Waals surface area contributed by atoms with E-state index >= 15 is 0 Å². The Balaban J connectivity index is 1.09. The van der Waals surface area contributed by atoms with Gasteiger partial charge in [0.1, 0.15) is 23.0 Å². The van der Waals surface area contributed by atoms with Crippen molar-refractivity contribution in [2.75, 3.05) is 102 Å². The maximum absolute atomic E-state index is 13.8. The van der Waals surface area contributed by atoms with Gasteiger partial charge >= 0.3 is 0 Å². The van der Waals surface area contributed by atoms with E-state index in [1.54, 1.807) is 30.1 Å². The molecule has 0 radical (unpaired) electrons. The molecule has 2 aliphatic heterocycles. The average molecular weight is 723 g/mol. The lowest BCUT2D eigenvalue weighted by Gasteiger charge is -2.34. The summed E-state index contributed by atoms with van der Waals surface area (Å²) < 4.78 is 11.8. The number of unbranched alkanes of at least 4 members (excludes halogenated alkanes) is 1. The summed E-state index contributed by atoms with van der Waals surface area (Å²) in [6, 6.07) is 16.2. The van der Waals surface area contributed by atoms with Crippen LogP contribution in [-0.4, -0.2) is 130 Å². The van der Waals surface area contributed by atoms with Gasteiger partial charge in [-0.2, -0.15) is 0 Å². The molecule has 2 amide bonds. The molecule has 6 rings (SSSR count). The summed E-state index contributed by atoms with van der Waals surface area (Å²) in [7, 11) is 7.38. The first-order chi connectivity index (χ1) is 25.6. The number of benzene rings is 3. The Morgan fingerprint density at radius 3 is 2.38 bits per heavy atom. The fourth-order valence-electron chi connectivity index (χ4n) is 6.73. The molecule has 13 nitrogen and oxygen atoms in total. The Kier molecular flexibility index (Phi) is 12.0. The minimum Gasteiger partial charge on any atom is -0.496 e. The molecule has 0 spiro atoms. The van der Waals surface area contributed by atoms with E-state index in [2.05, 4.69) is 49.9 Å². The maximum atomic E-state index is 13.8. The Morgan fingerprint density at radius 1 is 0.925 bits per heavy atom. The number of likely N-dealkylation sites (N-methyl/N-ethyl adjacent to an activating group) is 2. The van der Waals surface area contributed by atoms with Crippen LogP contribution >= 0.6 is 0 Å². The molecule has 3 heterocycles. The molecule has 0 bridgehead atoms. The predicted octanol–water partition coefficient (Wildman–Crippen LogP) is 4.67. The number of hydrogen-bond acceptors (Lipinski definition) is 10. The first kappa shape index (κ1) is 37.4. The number of piperazine rings is 2. The van der Waals surface area contributed by atoms with Crippen LogP contribution in [0.15, 0.2) is 60.3 Å². The number of aryl methyl sites for hydroxylation is 1. The number of para-hydroxylation sites is 1. The normalized spacial score (nSPS) is 15.3. The number of carbonyl (C=O) groups excluding carboxylic acids is 3. The Labute approximate surface area is 311 Å². The zero-order chi connectivity index (χ0) is 37.5. The quantitative estimate of drug-likeness (QED) is 0.149. The molecule has 0 atom stereocenters. The number of hydrogen-bond donors (Lipinski definition) is 2. The number of aromatic nitrogens is 2. The molecule has 13 heteroatoms. The second kappa shape index (κ2) is 17.0. The number of allylic oxidation sites excluding steroid dienone is 1. The van der Waals surface area contributed by atoms with E-state index in [0.717, 1.165) is 87.9 Å². The van der Waals surface area contributed by atoms with Gasteiger partial charge in [-0.3, -0.25) is 9.59 Å². The van der Waals surface area contributed by atoms with Gasteiger partial charge in [0.25, 0.3) is 11.8 Å². The number of amides is 2. The van der Waals surface area contributed by atoms with Crippen LogP contribution in [0.4, 0.5) is 17.3 Å². The van der Waals surface area contributed by atoms with Gasteiger partial charge in [-0.1, -0.05) is 12.1 Å². The number of fused-ring (bicyclic) bond motifs is 1. The smallest absolute Gasteiger partial charge is 0.259 e. The molecule has 0 aliphatic carbocycles. The van der Waals surface area contributed by atoms with Crippen LogP contribution in [0.3, 0.4) is 0 Å². The molecule has 1 aromatic heterocycles. The second-order valence-electron chi connectivity index (χ2n) is 13.9. The van der Waals surface area contributed by atoms with Gasteiger partial charge in [0.15, 0.2) is 0 Å². The highest BCUT2D eigenvalue weighted by molar-refractivity contribution is 6.11. The van der Waals surface area contributed by atoms with E-state index in [9.17, 15) is 14.4 Å². The van der Waals surface area contributed by atoms with Gasteiger partial charge in [-0.25, -0.2) is 9.78 Å². The van der Waals surface area contributed by atoms with Gasteiger partial charge in [0, 0.05) is 65.0 Å². The number of nitrogens with zero attached hydrogens (tertiary/aromatic N) is 6. The number of ether oxygens (including phenoxy) is 2. The zero-order valence-electron chi connectivity index (χ0n) is 31.4. The van der Waals surface area contributed by atoms with Crippen LogP contribution < -0.4 is 24.6 Å². The molecule has 4 aromatic rings. The lowest BCUT2D eigenvalue weighted by atomic mass is 10.1. The molecule has 3 aromatic carbocycles. The standard InChI is InChI=1S/C40H50N8O5/c1-28-12-15-34(36(25-28)53-24-7-6-9-30(27-49)47-20-16-44(2)17-21-47)46(4)39(51)29-13-14-31(35(26-29)52-5)38(50)41-32-10-8-11-33-37(32)43-40(42-33)48-22-18-45(3)19-23-48/h8,10-15,25-26H,6-7,9,16-24H2,1-5H3,(H,41,50)(H,42,43). The van der Waals surface area contributed by atoms with Gasteiger partial charge in [0.05, 0.1) is 41.9 Å². The fourth-order valence-corrected chi connectivity index (χ4v) is 6.73. The topological polar surface area (TPSA) is 127 Å². The third kappa shape index (κ3) is 8.82. The second-order valence-corrected chi connectivity index (χ2v) is 13.9. The minimum absolute atomic E-state index is 0.273. The molecular weight excluding hydrogens is 672 g/mol. The van der Waals surface area contributed by atoms with Crippen molar-refractivity contribution in [1.29, 1.82) is 0 Å². The summed E-state index contributed by atoms with van der Waals surface area (Å²) >= 11 is 0. The monoisotopic (exact) mass is 722 g/mol. The SMILES string of the molecule is COc1cc(C(=O)N(C)c2ccc(C)cc2OCCCCC(=C=O)N2CCN(C)CC2)ccc1C(=O)Nc1cccc2[nH]c(N3CCN(C)CC3)nc12. The number of imidazole rings is 1. The summed E-state index contributed by atoms with van der Waals surface area (Å²) in [6.45, 7) is 9.61. The predicted molar refractivity (Wildman–Crippen MR) is 208 cm³/mol. The fraction of sp³-hybridized carbons (Fsp3) is 0.425. The average Bonchev–Trinajstić information content (AvgIpc) is 3.62. The van der Waals surface area contributed by atoms with Gasteiger partial charge in [-0.15, -0.1) is 0 Å². The summed E-state index contributed by atoms with van der Waals surface area (Å²) in [4.78, 5) is 57.7. The summed E-state index contributed by atoms with van der Waals surface area (Å²) in [6.07, 6.45) is 2.19. The number of nitrogens with one attached hydrogen (secondary N) is 2. The molecular formula is C40H50N8O5. The molecule has 0 saturated carbocycles. The van der Waals surface area contributed by atoms with Gasteiger partial charge in [-0.05, 0) is 88.3 Å². The zero-order valence-corrected chi connectivity index (χ0v) is 31.4. The van der Waals surface area contributed by atoms with Crippen LogP contribution in [0.5, 0.6) is 11.5 Å². The number of anilines is 3. The van der Waals surface area contributed by atoms with E-state index in [1.807, 2.05) is 43.3 Å². The third-order valence-corrected chi connectivity index (χ3v) is 10.1. The Morgan fingerprint density at radius 2 is 1.66 bits per heavy atom. The molecule has 2 saturated heterocycles. The van der Waals surface area contributed by atoms with Crippen LogP contribution in [0.25, 0.3) is 11.0 Å². The number of rotatable bonds is 13. The summed E-state index contributed by atoms with van der Waals surface area (Å²) in [5.74, 6) is 3.14. The molecule has 2 N–H and O–H groups in total. The first-order valence-electron chi connectivity index (χ1n) is 18.3. The van der Waals surface area contributed by atoms with Crippen molar-refractivity contribution in [3.8, 4) is 11.5 Å². The van der Waals surface area contributed by atoms with Crippen LogP contribution in [0, 0.1) is 6.92 Å². The van der Waals surface area contributed by atoms with Gasteiger partial charge < -0.3 is 44.3 Å². The highest BCUT2D eigenvalue weighted by Gasteiger charge is 2.23. The van der Waals surface area contributed by atoms with E-state index in [0.29, 0.717) is 41.2 Å². The maximum Gasteiger partial charge on any atom is 0.259 e. The Bertz CT molecular complexity index is 1970. The van der Waals surface area contributed by atoms with Crippen molar-refractivity contribution in [3.05, 3.63) is 77.0 Å². The van der Waals surface area contributed by atoms with Crippen molar-refractivity contribution >= 4 is 46.1 Å². The van der Waals surface area contributed by atoms with Crippen LogP contribution in [-0.2, 0) is 4.79 Å². The van der Waals surface area contributed by atoms with Crippen molar-refractivity contribution in [1.82, 2.24) is 24.7 Å². The van der Waals surface area contributed by atoms with Crippen molar-refractivity contribution in [2.45, 2.75) is 26.2 Å². The van der Waals surface area contributed by atoms with Crippen molar-refractivity contribution in [3.63, 3.8) is 0 Å². The largest absolute Gasteiger partial charge is 0.496 e. The molecule has 0 unspecified atom stereocenters. The Hall–Kier alpha value is -5.36. The number of H-pyrrole nitrogens is 1. The third-order valence-electron chi connectivity index (χ3n) is 10.1. The first-order valence-corrected chi connectivity index (χ1v) is 18.3. The lowest BCUT2D eigenvalue weighted by Crippen LogP contribution is -2.44. The lowest BCUT2D eigenvalue weighted by molar-refractivity contribution is 0.0987. The van der Waals surface area contributed by atoms with E-state index in [1.165, 1.54) is 7.11 Å². The van der Waals surface area contributed by atoms with Crippen LogP contribution in [0.2, 0.25) is 0 Å². The molecule has 2 fully saturated rings. The van der Waals surface area contributed by atoms with E-state index < -0.39 is 0 Å². The molecule has 280 valence electrons. The van der Waals surface area contributed by atoms with E-state index in [-0.39, 0.29) is 23.1 Å². The minimum atomic E-state index is -0.376. The summed E-state index contributed by atoms with van der Waals surface area (Å²) in [5.41, 5.74) is 5.08. The number of aromatic amines is 1. The molecule has 2 aliphatic rings. The molecule has 53 heavy (non-hydrogen) atoms. The van der Waals surface area contributed by atoms with Crippen molar-refractivity contribution in [2.24, 2.45) is 0 Å².